The highest BCUT2D eigenvalue weighted by Crippen LogP contribution is 2.34. The number of hydrogen-bond donors (Lipinski definition) is 1. The second-order valence-electron chi connectivity index (χ2n) is 9.21. The molecule has 0 bridgehead atoms. The number of sulfonamides is 1. The Labute approximate surface area is 160 Å². The zero-order valence-electron chi connectivity index (χ0n) is 16.2. The summed E-state index contributed by atoms with van der Waals surface area (Å²) in [6.07, 6.45) is 4.85. The number of amides is 1. The zero-order valence-corrected chi connectivity index (χ0v) is 17.0. The molecule has 1 aromatic carbocycles. The number of nitrogens with zero attached hydrogens (tertiary/aromatic N) is 2. The Morgan fingerprint density at radius 2 is 1.93 bits per heavy atom. The molecule has 27 heavy (non-hydrogen) atoms. The van der Waals surface area contributed by atoms with E-state index in [-0.39, 0.29) is 16.2 Å². The number of carbonyl (C=O) groups is 1. The van der Waals surface area contributed by atoms with Crippen molar-refractivity contribution in [2.45, 2.75) is 64.3 Å². The molecule has 2 aliphatic rings. The number of benzene rings is 1. The number of fused-ring (bicyclic) bond motifs is 1. The van der Waals surface area contributed by atoms with E-state index in [0.29, 0.717) is 11.4 Å². The second-order valence-corrected chi connectivity index (χ2v) is 10.9. The Morgan fingerprint density at radius 1 is 1.22 bits per heavy atom. The molecule has 1 N–H and O–H groups in total. The minimum absolute atomic E-state index is 0.0931. The molecule has 0 spiro atoms. The van der Waals surface area contributed by atoms with Crippen molar-refractivity contribution in [2.24, 2.45) is 17.3 Å². The lowest BCUT2D eigenvalue weighted by atomic mass is 9.92. The summed E-state index contributed by atoms with van der Waals surface area (Å²) in [5, 5.41) is 0. The van der Waals surface area contributed by atoms with Crippen molar-refractivity contribution >= 4 is 27.0 Å². The molecule has 2 aromatic rings. The van der Waals surface area contributed by atoms with Crippen LogP contribution in [0.1, 0.15) is 52.3 Å². The van der Waals surface area contributed by atoms with Crippen molar-refractivity contribution in [1.29, 1.82) is 0 Å². The number of aromatic nitrogens is 2. The van der Waals surface area contributed by atoms with Gasteiger partial charge in [-0.05, 0) is 55.2 Å². The van der Waals surface area contributed by atoms with Crippen LogP contribution in [0.3, 0.4) is 0 Å². The predicted octanol–water partition coefficient (Wildman–Crippen LogP) is 3.25. The van der Waals surface area contributed by atoms with E-state index in [1.807, 2.05) is 6.07 Å². The molecular weight excluding hydrogens is 362 g/mol. The highest BCUT2D eigenvalue weighted by atomic mass is 32.2. The van der Waals surface area contributed by atoms with Crippen molar-refractivity contribution in [3.05, 3.63) is 24.0 Å². The Bertz CT molecular complexity index is 993. The maximum atomic E-state index is 12.6. The fourth-order valence-corrected chi connectivity index (χ4v) is 4.38. The van der Waals surface area contributed by atoms with Crippen molar-refractivity contribution in [2.75, 3.05) is 0 Å². The van der Waals surface area contributed by atoms with Gasteiger partial charge >= 0.3 is 0 Å². The van der Waals surface area contributed by atoms with Gasteiger partial charge in [-0.15, -0.1) is 0 Å². The summed E-state index contributed by atoms with van der Waals surface area (Å²) < 4.78 is 29.6. The molecular formula is C20H27N3O3S. The van der Waals surface area contributed by atoms with Gasteiger partial charge in [0, 0.05) is 18.9 Å². The van der Waals surface area contributed by atoms with Crippen LogP contribution < -0.4 is 4.72 Å². The van der Waals surface area contributed by atoms with E-state index in [1.54, 1.807) is 12.1 Å². The van der Waals surface area contributed by atoms with E-state index in [1.165, 1.54) is 12.8 Å². The molecule has 6 nitrogen and oxygen atoms in total. The fraction of sp³-hybridized carbons (Fsp3) is 0.600. The maximum absolute atomic E-state index is 12.6. The molecule has 0 saturated heterocycles. The summed E-state index contributed by atoms with van der Waals surface area (Å²) in [6, 6.07) is 5.00. The molecule has 1 aromatic heterocycles. The van der Waals surface area contributed by atoms with Crippen LogP contribution in [0.15, 0.2) is 23.1 Å². The van der Waals surface area contributed by atoms with Crippen LogP contribution in [0.5, 0.6) is 0 Å². The van der Waals surface area contributed by atoms with Crippen molar-refractivity contribution in [1.82, 2.24) is 14.3 Å². The first-order valence-electron chi connectivity index (χ1n) is 9.68. The lowest BCUT2D eigenvalue weighted by Crippen LogP contribution is -2.31. The van der Waals surface area contributed by atoms with Crippen LogP contribution in [0, 0.1) is 17.3 Å². The van der Waals surface area contributed by atoms with Gasteiger partial charge in [0.2, 0.25) is 5.91 Å². The first kappa shape index (κ1) is 18.5. The summed E-state index contributed by atoms with van der Waals surface area (Å²) in [6.45, 7) is 7.47. The van der Waals surface area contributed by atoms with Crippen molar-refractivity contribution in [3.8, 4) is 0 Å². The second kappa shape index (κ2) is 6.33. The normalized spacial score (nSPS) is 18.0. The standard InChI is InChI=1S/C20H27N3O3S/c1-20(2,3)11-18-21-16-10-15(27(25,26)22-19(24)14-6-7-14)8-9-17(16)23(18)12-13-4-5-13/h8-10,13-14H,4-7,11-12H2,1-3H3,(H,22,24). The molecule has 0 unspecified atom stereocenters. The molecule has 2 saturated carbocycles. The SMILES string of the molecule is CC(C)(C)Cc1nc2cc(S(=O)(=O)NC(=O)C3CC3)ccc2n1CC1CC1. The summed E-state index contributed by atoms with van der Waals surface area (Å²) in [5.74, 6) is 1.14. The molecule has 146 valence electrons. The van der Waals surface area contributed by atoms with Gasteiger partial charge in [-0.2, -0.15) is 0 Å². The summed E-state index contributed by atoms with van der Waals surface area (Å²) in [4.78, 5) is 16.8. The average Bonchev–Trinajstić information content (AvgIpc) is 3.44. The molecule has 2 fully saturated rings. The Hall–Kier alpha value is -1.89. The number of imidazole rings is 1. The molecule has 1 heterocycles. The highest BCUT2D eigenvalue weighted by molar-refractivity contribution is 7.90. The summed E-state index contributed by atoms with van der Waals surface area (Å²) in [7, 11) is -3.85. The van der Waals surface area contributed by atoms with Gasteiger partial charge in [0.15, 0.2) is 0 Å². The molecule has 0 atom stereocenters. The minimum atomic E-state index is -3.85. The Balaban J connectivity index is 1.69. The molecule has 4 rings (SSSR count). The van der Waals surface area contributed by atoms with Gasteiger partial charge in [0.25, 0.3) is 10.0 Å². The highest BCUT2D eigenvalue weighted by Gasteiger charge is 2.33. The first-order valence-corrected chi connectivity index (χ1v) is 11.2. The zero-order chi connectivity index (χ0) is 19.4. The third-order valence-corrected chi connectivity index (χ3v) is 6.46. The summed E-state index contributed by atoms with van der Waals surface area (Å²) in [5.41, 5.74) is 1.74. The van der Waals surface area contributed by atoms with E-state index in [4.69, 9.17) is 4.98 Å². The van der Waals surface area contributed by atoms with Crippen LogP contribution >= 0.6 is 0 Å². The van der Waals surface area contributed by atoms with Gasteiger partial charge in [-0.1, -0.05) is 20.8 Å². The average molecular weight is 390 g/mol. The lowest BCUT2D eigenvalue weighted by Gasteiger charge is -2.18. The minimum Gasteiger partial charge on any atom is -0.328 e. The fourth-order valence-electron chi connectivity index (χ4n) is 3.32. The van der Waals surface area contributed by atoms with Gasteiger partial charge in [-0.25, -0.2) is 18.1 Å². The van der Waals surface area contributed by atoms with E-state index in [2.05, 4.69) is 30.1 Å². The van der Waals surface area contributed by atoms with Crippen LogP contribution in [0.4, 0.5) is 0 Å². The van der Waals surface area contributed by atoms with E-state index in [9.17, 15) is 13.2 Å². The predicted molar refractivity (Wildman–Crippen MR) is 104 cm³/mol. The number of carbonyl (C=O) groups excluding carboxylic acids is 1. The van der Waals surface area contributed by atoms with Gasteiger partial charge in [0.05, 0.1) is 15.9 Å². The molecule has 0 aliphatic heterocycles. The van der Waals surface area contributed by atoms with E-state index < -0.39 is 15.9 Å². The van der Waals surface area contributed by atoms with Crippen LogP contribution in [0.25, 0.3) is 11.0 Å². The van der Waals surface area contributed by atoms with E-state index in [0.717, 1.165) is 37.1 Å². The molecule has 1 amide bonds. The van der Waals surface area contributed by atoms with Crippen LogP contribution in [-0.4, -0.2) is 23.9 Å². The van der Waals surface area contributed by atoms with Gasteiger partial charge in [0.1, 0.15) is 5.82 Å². The Kier molecular flexibility index (Phi) is 4.33. The summed E-state index contributed by atoms with van der Waals surface area (Å²) >= 11 is 0. The quantitative estimate of drug-likeness (QED) is 0.822. The monoisotopic (exact) mass is 389 g/mol. The number of rotatable bonds is 6. The lowest BCUT2D eigenvalue weighted by molar-refractivity contribution is -0.120. The topological polar surface area (TPSA) is 81.1 Å². The molecule has 2 aliphatic carbocycles. The number of nitrogens with one attached hydrogen (secondary N) is 1. The largest absolute Gasteiger partial charge is 0.328 e. The third-order valence-electron chi connectivity index (χ3n) is 5.12. The molecule has 0 radical (unpaired) electrons. The number of hydrogen-bond acceptors (Lipinski definition) is 4. The van der Waals surface area contributed by atoms with Crippen LogP contribution in [-0.2, 0) is 27.8 Å². The Morgan fingerprint density at radius 3 is 2.52 bits per heavy atom. The van der Waals surface area contributed by atoms with Gasteiger partial charge < -0.3 is 4.57 Å². The molecule has 7 heteroatoms. The van der Waals surface area contributed by atoms with Crippen molar-refractivity contribution in [3.63, 3.8) is 0 Å². The smallest absolute Gasteiger partial charge is 0.264 e. The first-order chi connectivity index (χ1) is 12.6. The van der Waals surface area contributed by atoms with Gasteiger partial charge in [-0.3, -0.25) is 4.79 Å². The van der Waals surface area contributed by atoms with Crippen molar-refractivity contribution < 1.29 is 13.2 Å². The third kappa shape index (κ3) is 4.18. The van der Waals surface area contributed by atoms with Crippen LogP contribution in [0.2, 0.25) is 0 Å². The van der Waals surface area contributed by atoms with E-state index >= 15 is 0 Å². The maximum Gasteiger partial charge on any atom is 0.264 e.